The second-order valence-electron chi connectivity index (χ2n) is 22.7. The number of carbonyl (C=O) groups is 3. The Labute approximate surface area is 489 Å². The van der Waals surface area contributed by atoms with Crippen LogP contribution in [0.2, 0.25) is 0 Å². The van der Waals surface area contributed by atoms with Crippen LogP contribution in [0.5, 0.6) is 0 Å². The first-order valence-corrected chi connectivity index (χ1v) is 32.5. The SMILES string of the molecule is CC/C=C\C/C=C\C/C=C\CCCCCCCC(=O)O[C@H](COC(=O)CCCCCCCCCCCCCCC)CO[C@@H]1O[C@H](CO[C@H]2O[C@H](CO)[C@H](O)[C@@H](OC(=O)CCCCCCCCCCCCCCC)[C@H]2O)[C@@H](O)[C@H](O)[C@H]1O. The van der Waals surface area contributed by atoms with Crippen molar-refractivity contribution in [1.29, 1.82) is 0 Å². The number of unbranched alkanes of at least 4 members (excludes halogenated alkanes) is 29. The lowest BCUT2D eigenvalue weighted by molar-refractivity contribution is -0.333. The maximum absolute atomic E-state index is 13.2. The van der Waals surface area contributed by atoms with Crippen LogP contribution in [-0.4, -0.2) is 142 Å². The molecule has 2 aliphatic heterocycles. The molecule has 0 aromatic carbocycles. The van der Waals surface area contributed by atoms with Gasteiger partial charge in [0.15, 0.2) is 24.8 Å². The molecule has 0 aromatic heterocycles. The summed E-state index contributed by atoms with van der Waals surface area (Å²) in [6.45, 7) is 4.62. The van der Waals surface area contributed by atoms with E-state index in [9.17, 15) is 45.0 Å². The molecule has 16 nitrogen and oxygen atoms in total. The smallest absolute Gasteiger partial charge is 0.306 e. The molecule has 0 bridgehead atoms. The average Bonchev–Trinajstić information content (AvgIpc) is 3.54. The zero-order valence-electron chi connectivity index (χ0n) is 50.8. The molecule has 472 valence electrons. The molecule has 2 saturated heterocycles. The number of carbonyl (C=O) groups excluding carboxylic acids is 3. The molecule has 0 unspecified atom stereocenters. The monoisotopic (exact) mass is 1150 g/mol. The second kappa shape index (κ2) is 50.5. The molecule has 0 spiro atoms. The number of ether oxygens (including phenoxy) is 7. The van der Waals surface area contributed by atoms with Crippen molar-refractivity contribution in [2.24, 2.45) is 0 Å². The van der Waals surface area contributed by atoms with Crippen LogP contribution >= 0.6 is 0 Å². The van der Waals surface area contributed by atoms with Gasteiger partial charge in [0.05, 0.1) is 19.8 Å². The first kappa shape index (κ1) is 74.3. The van der Waals surface area contributed by atoms with E-state index in [2.05, 4.69) is 57.2 Å². The lowest BCUT2D eigenvalue weighted by atomic mass is 9.98. The van der Waals surface area contributed by atoms with Crippen molar-refractivity contribution < 1.29 is 78.2 Å². The number of hydrogen-bond donors (Lipinski definition) is 6. The molecule has 0 aliphatic carbocycles. The van der Waals surface area contributed by atoms with Gasteiger partial charge in [0.2, 0.25) is 0 Å². The summed E-state index contributed by atoms with van der Waals surface area (Å²) >= 11 is 0. The molecule has 16 heteroatoms. The molecule has 6 N–H and O–H groups in total. The van der Waals surface area contributed by atoms with Crippen LogP contribution in [0.4, 0.5) is 0 Å². The minimum atomic E-state index is -1.80. The van der Waals surface area contributed by atoms with Crippen molar-refractivity contribution in [2.75, 3.05) is 26.4 Å². The van der Waals surface area contributed by atoms with Crippen molar-refractivity contribution in [2.45, 2.75) is 332 Å². The summed E-state index contributed by atoms with van der Waals surface area (Å²) < 4.78 is 40.0. The number of aliphatic hydroxyl groups excluding tert-OH is 6. The molecule has 0 amide bonds. The Balaban J connectivity index is 1.90. The third kappa shape index (κ3) is 36.6. The van der Waals surface area contributed by atoms with Gasteiger partial charge in [-0.1, -0.05) is 231 Å². The van der Waals surface area contributed by atoms with Crippen LogP contribution in [0.15, 0.2) is 36.5 Å². The first-order chi connectivity index (χ1) is 39.5. The quantitative estimate of drug-likeness (QED) is 0.0144. The third-order valence-electron chi connectivity index (χ3n) is 15.4. The predicted octanol–water partition coefficient (Wildman–Crippen LogP) is 12.2. The summed E-state index contributed by atoms with van der Waals surface area (Å²) in [6, 6.07) is 0. The van der Waals surface area contributed by atoms with Gasteiger partial charge in [0.1, 0.15) is 49.3 Å². The Morgan fingerprint density at radius 1 is 0.432 bits per heavy atom. The van der Waals surface area contributed by atoms with Crippen molar-refractivity contribution >= 4 is 17.9 Å². The molecule has 2 aliphatic rings. The van der Waals surface area contributed by atoms with Gasteiger partial charge in [0.25, 0.3) is 0 Å². The van der Waals surface area contributed by atoms with E-state index >= 15 is 0 Å². The molecule has 2 rings (SSSR count). The van der Waals surface area contributed by atoms with Crippen LogP contribution in [0.1, 0.15) is 265 Å². The molecule has 2 fully saturated rings. The number of rotatable bonds is 52. The standard InChI is InChI=1S/C65H116O16/c1-4-7-10-13-16-19-22-25-26-29-32-34-37-40-43-46-56(68)78-52(49-75-55(67)45-42-39-36-33-30-27-23-20-17-14-11-8-5-2)50-76-64-61(73)60(72)58(70)54(80-64)51-77-65-62(74)63(59(71)53(48-66)79-65)81-57(69)47-44-41-38-35-31-28-24-21-18-15-12-9-6-3/h7,10,16,19,25-26,52-54,58-66,70-74H,4-6,8-9,11-15,17-18,20-24,27-51H2,1-3H3/b10-7-,19-16-,26-25-/t52-,53-,54-,58-,59+,60+,61-,62-,63-,64-,65+/m1/s1. The Morgan fingerprint density at radius 2 is 0.864 bits per heavy atom. The summed E-state index contributed by atoms with van der Waals surface area (Å²) in [5.74, 6) is -1.58. The van der Waals surface area contributed by atoms with Crippen LogP contribution < -0.4 is 0 Å². The summed E-state index contributed by atoms with van der Waals surface area (Å²) in [6.07, 6.45) is 35.1. The lowest BCUT2D eigenvalue weighted by Gasteiger charge is -2.43. The zero-order chi connectivity index (χ0) is 59.0. The van der Waals surface area contributed by atoms with E-state index < -0.39 is 105 Å². The number of esters is 3. The van der Waals surface area contributed by atoms with E-state index in [1.54, 1.807) is 0 Å². The first-order valence-electron chi connectivity index (χ1n) is 32.5. The maximum Gasteiger partial charge on any atom is 0.306 e. The highest BCUT2D eigenvalue weighted by Gasteiger charge is 2.49. The predicted molar refractivity (Wildman–Crippen MR) is 317 cm³/mol. The molecule has 81 heavy (non-hydrogen) atoms. The van der Waals surface area contributed by atoms with Crippen molar-refractivity contribution in [1.82, 2.24) is 0 Å². The molecule has 0 aromatic rings. The average molecular weight is 1150 g/mol. The topological polar surface area (TPSA) is 237 Å². The van der Waals surface area contributed by atoms with E-state index in [1.807, 2.05) is 0 Å². The van der Waals surface area contributed by atoms with E-state index in [4.69, 9.17) is 33.2 Å². The highest BCUT2D eigenvalue weighted by atomic mass is 16.7. The molecular formula is C65H116O16. The Morgan fingerprint density at radius 3 is 1.37 bits per heavy atom. The van der Waals surface area contributed by atoms with Crippen molar-refractivity contribution in [3.05, 3.63) is 36.5 Å². The second-order valence-corrected chi connectivity index (χ2v) is 22.7. The molecule has 2 heterocycles. The van der Waals surface area contributed by atoms with Gasteiger partial charge in [-0.05, 0) is 51.4 Å². The molecule has 0 radical (unpaired) electrons. The van der Waals surface area contributed by atoms with Gasteiger partial charge in [-0.2, -0.15) is 0 Å². The van der Waals surface area contributed by atoms with Crippen LogP contribution in [-0.2, 0) is 47.5 Å². The maximum atomic E-state index is 13.2. The Hall–Kier alpha value is -2.77. The highest BCUT2D eigenvalue weighted by molar-refractivity contribution is 5.70. The highest BCUT2D eigenvalue weighted by Crippen LogP contribution is 2.28. The van der Waals surface area contributed by atoms with E-state index in [0.29, 0.717) is 19.3 Å². The van der Waals surface area contributed by atoms with E-state index in [1.165, 1.54) is 109 Å². The third-order valence-corrected chi connectivity index (χ3v) is 15.4. The van der Waals surface area contributed by atoms with Crippen LogP contribution in [0.3, 0.4) is 0 Å². The minimum absolute atomic E-state index is 0.0744. The normalized spacial score (nSPS) is 23.7. The van der Waals surface area contributed by atoms with E-state index in [0.717, 1.165) is 96.3 Å². The fraction of sp³-hybridized carbons (Fsp3) is 0.862. The Bertz CT molecular complexity index is 1610. The zero-order valence-corrected chi connectivity index (χ0v) is 50.8. The Kier molecular flexibility index (Phi) is 46.4. The van der Waals surface area contributed by atoms with Gasteiger partial charge in [-0.3, -0.25) is 14.4 Å². The van der Waals surface area contributed by atoms with Gasteiger partial charge in [-0.15, -0.1) is 0 Å². The van der Waals surface area contributed by atoms with Crippen molar-refractivity contribution in [3.8, 4) is 0 Å². The molecule has 0 saturated carbocycles. The fourth-order valence-corrected chi connectivity index (χ4v) is 10.2. The minimum Gasteiger partial charge on any atom is -0.462 e. The van der Waals surface area contributed by atoms with Crippen molar-refractivity contribution in [3.63, 3.8) is 0 Å². The lowest BCUT2D eigenvalue weighted by Crippen LogP contribution is -2.62. The fourth-order valence-electron chi connectivity index (χ4n) is 10.2. The molecular weight excluding hydrogens is 1040 g/mol. The number of aliphatic hydroxyl groups is 6. The van der Waals surface area contributed by atoms with Gasteiger partial charge < -0.3 is 63.8 Å². The van der Waals surface area contributed by atoms with Gasteiger partial charge in [0, 0.05) is 19.3 Å². The largest absolute Gasteiger partial charge is 0.462 e. The number of allylic oxidation sites excluding steroid dienone is 6. The molecule has 11 atom stereocenters. The summed E-state index contributed by atoms with van der Waals surface area (Å²) in [4.78, 5) is 39.0. The summed E-state index contributed by atoms with van der Waals surface area (Å²) in [5, 5.41) is 65.0. The summed E-state index contributed by atoms with van der Waals surface area (Å²) in [7, 11) is 0. The van der Waals surface area contributed by atoms with Crippen LogP contribution in [0, 0.1) is 0 Å². The van der Waals surface area contributed by atoms with Gasteiger partial charge >= 0.3 is 17.9 Å². The summed E-state index contributed by atoms with van der Waals surface area (Å²) in [5.41, 5.74) is 0. The van der Waals surface area contributed by atoms with E-state index in [-0.39, 0.29) is 25.9 Å². The number of hydrogen-bond acceptors (Lipinski definition) is 16. The van der Waals surface area contributed by atoms with Gasteiger partial charge in [-0.25, -0.2) is 0 Å². The van der Waals surface area contributed by atoms with Crippen LogP contribution in [0.25, 0.3) is 0 Å².